The maximum atomic E-state index is 5.83. The summed E-state index contributed by atoms with van der Waals surface area (Å²) in [6.07, 6.45) is 7.23. The molecule has 13 heavy (non-hydrogen) atoms. The summed E-state index contributed by atoms with van der Waals surface area (Å²) < 4.78 is 5.83. The Bertz CT molecular complexity index is 121. The third kappa shape index (κ3) is 4.63. The van der Waals surface area contributed by atoms with Crippen LogP contribution in [0.5, 0.6) is 0 Å². The van der Waals surface area contributed by atoms with Gasteiger partial charge in [-0.15, -0.1) is 0 Å². The second-order valence-corrected chi connectivity index (χ2v) is 4.05. The van der Waals surface area contributed by atoms with Crippen LogP contribution in [0.4, 0.5) is 0 Å². The molecule has 0 aromatic carbocycles. The zero-order chi connectivity index (χ0) is 9.52. The van der Waals surface area contributed by atoms with Crippen LogP contribution < -0.4 is 5.32 Å². The number of ether oxygens (including phenoxy) is 1. The lowest BCUT2D eigenvalue weighted by Gasteiger charge is -2.24. The van der Waals surface area contributed by atoms with Gasteiger partial charge in [0.05, 0.1) is 12.7 Å². The molecular weight excluding hydrogens is 162 g/mol. The molecule has 1 unspecified atom stereocenters. The lowest BCUT2D eigenvalue weighted by molar-refractivity contribution is 0.0185. The van der Waals surface area contributed by atoms with Crippen LogP contribution in [0.1, 0.15) is 46.0 Å². The maximum absolute atomic E-state index is 5.83. The molecule has 0 bridgehead atoms. The SMILES string of the molecule is CCNC(C)COC1CCCCC1. The summed E-state index contributed by atoms with van der Waals surface area (Å²) in [4.78, 5) is 0. The van der Waals surface area contributed by atoms with E-state index in [1.54, 1.807) is 0 Å². The number of nitrogens with one attached hydrogen (secondary N) is 1. The topological polar surface area (TPSA) is 21.3 Å². The van der Waals surface area contributed by atoms with Gasteiger partial charge in [0, 0.05) is 6.04 Å². The number of likely N-dealkylation sites (N-methyl/N-ethyl adjacent to an activating group) is 1. The van der Waals surface area contributed by atoms with Crippen molar-refractivity contribution < 1.29 is 4.74 Å². The first-order valence-corrected chi connectivity index (χ1v) is 5.68. The van der Waals surface area contributed by atoms with Gasteiger partial charge >= 0.3 is 0 Å². The van der Waals surface area contributed by atoms with Crippen molar-refractivity contribution in [3.05, 3.63) is 0 Å². The average molecular weight is 185 g/mol. The van der Waals surface area contributed by atoms with Crippen molar-refractivity contribution in [2.24, 2.45) is 0 Å². The first kappa shape index (κ1) is 11.0. The second kappa shape index (κ2) is 6.39. The Hall–Kier alpha value is -0.0800. The largest absolute Gasteiger partial charge is 0.377 e. The van der Waals surface area contributed by atoms with E-state index >= 15 is 0 Å². The molecular formula is C11H23NO. The lowest BCUT2D eigenvalue weighted by atomic mass is 9.98. The van der Waals surface area contributed by atoms with Gasteiger partial charge in [-0.05, 0) is 26.3 Å². The third-order valence-electron chi connectivity index (χ3n) is 2.69. The molecule has 1 aliphatic rings. The van der Waals surface area contributed by atoms with Gasteiger partial charge < -0.3 is 10.1 Å². The van der Waals surface area contributed by atoms with Gasteiger partial charge in [-0.2, -0.15) is 0 Å². The molecule has 2 heteroatoms. The van der Waals surface area contributed by atoms with E-state index in [0.717, 1.165) is 13.2 Å². The van der Waals surface area contributed by atoms with Crippen molar-refractivity contribution >= 4 is 0 Å². The first-order valence-electron chi connectivity index (χ1n) is 5.68. The van der Waals surface area contributed by atoms with E-state index in [4.69, 9.17) is 4.74 Å². The Kier molecular flexibility index (Phi) is 5.40. The molecule has 0 amide bonds. The lowest BCUT2D eigenvalue weighted by Crippen LogP contribution is -2.32. The molecule has 0 aromatic rings. The molecule has 78 valence electrons. The van der Waals surface area contributed by atoms with Gasteiger partial charge in [-0.1, -0.05) is 26.2 Å². The smallest absolute Gasteiger partial charge is 0.0620 e. The molecule has 1 fully saturated rings. The summed E-state index contributed by atoms with van der Waals surface area (Å²) in [6.45, 7) is 6.23. The molecule has 0 aromatic heterocycles. The zero-order valence-electron chi connectivity index (χ0n) is 9.01. The van der Waals surface area contributed by atoms with Crippen LogP contribution in [-0.4, -0.2) is 25.3 Å². The summed E-state index contributed by atoms with van der Waals surface area (Å²) in [5.74, 6) is 0. The Morgan fingerprint density at radius 2 is 2.00 bits per heavy atom. The van der Waals surface area contributed by atoms with Crippen LogP contribution in [0.3, 0.4) is 0 Å². The molecule has 0 saturated heterocycles. The van der Waals surface area contributed by atoms with Gasteiger partial charge in [0.1, 0.15) is 0 Å². The highest BCUT2D eigenvalue weighted by molar-refractivity contribution is 4.66. The summed E-state index contributed by atoms with van der Waals surface area (Å²) >= 11 is 0. The standard InChI is InChI=1S/C11H23NO/c1-3-12-10(2)9-13-11-7-5-4-6-8-11/h10-12H,3-9H2,1-2H3. The van der Waals surface area contributed by atoms with E-state index in [2.05, 4.69) is 19.2 Å². The van der Waals surface area contributed by atoms with Crippen LogP contribution in [-0.2, 0) is 4.74 Å². The second-order valence-electron chi connectivity index (χ2n) is 4.05. The van der Waals surface area contributed by atoms with Gasteiger partial charge in [-0.3, -0.25) is 0 Å². The number of hydrogen-bond acceptors (Lipinski definition) is 2. The van der Waals surface area contributed by atoms with Crippen molar-refractivity contribution in [1.82, 2.24) is 5.32 Å². The van der Waals surface area contributed by atoms with E-state index in [0.29, 0.717) is 12.1 Å². The Morgan fingerprint density at radius 3 is 2.62 bits per heavy atom. The van der Waals surface area contributed by atoms with Crippen molar-refractivity contribution in [3.8, 4) is 0 Å². The molecule has 0 spiro atoms. The fourth-order valence-electron chi connectivity index (χ4n) is 1.92. The molecule has 0 heterocycles. The van der Waals surface area contributed by atoms with Crippen LogP contribution in [0.2, 0.25) is 0 Å². The number of hydrogen-bond donors (Lipinski definition) is 1. The van der Waals surface area contributed by atoms with Crippen molar-refractivity contribution in [1.29, 1.82) is 0 Å². The Morgan fingerprint density at radius 1 is 1.31 bits per heavy atom. The van der Waals surface area contributed by atoms with Crippen LogP contribution in [0.25, 0.3) is 0 Å². The van der Waals surface area contributed by atoms with E-state index in [9.17, 15) is 0 Å². The van der Waals surface area contributed by atoms with E-state index < -0.39 is 0 Å². The van der Waals surface area contributed by atoms with E-state index in [1.807, 2.05) is 0 Å². The average Bonchev–Trinajstić information content (AvgIpc) is 2.17. The predicted molar refractivity (Wildman–Crippen MR) is 56.0 cm³/mol. The minimum absolute atomic E-state index is 0.506. The molecule has 0 aliphatic heterocycles. The summed E-state index contributed by atoms with van der Waals surface area (Å²) in [6, 6.07) is 0.506. The molecule has 1 aliphatic carbocycles. The summed E-state index contributed by atoms with van der Waals surface area (Å²) in [7, 11) is 0. The van der Waals surface area contributed by atoms with Crippen molar-refractivity contribution in [3.63, 3.8) is 0 Å². The molecule has 1 atom stereocenters. The Labute approximate surface area is 82.0 Å². The molecule has 1 rings (SSSR count). The van der Waals surface area contributed by atoms with Gasteiger partial charge in [0.15, 0.2) is 0 Å². The summed E-state index contributed by atoms with van der Waals surface area (Å²) in [5, 5.41) is 3.36. The third-order valence-corrected chi connectivity index (χ3v) is 2.69. The molecule has 2 nitrogen and oxygen atoms in total. The fraction of sp³-hybridized carbons (Fsp3) is 1.00. The highest BCUT2D eigenvalue weighted by atomic mass is 16.5. The highest BCUT2D eigenvalue weighted by Crippen LogP contribution is 2.20. The Balaban J connectivity index is 2.03. The maximum Gasteiger partial charge on any atom is 0.0620 e. The fourth-order valence-corrected chi connectivity index (χ4v) is 1.92. The van der Waals surface area contributed by atoms with E-state index in [-0.39, 0.29) is 0 Å². The van der Waals surface area contributed by atoms with Crippen molar-refractivity contribution in [2.75, 3.05) is 13.2 Å². The number of rotatable bonds is 5. The van der Waals surface area contributed by atoms with Crippen molar-refractivity contribution in [2.45, 2.75) is 58.1 Å². The minimum Gasteiger partial charge on any atom is -0.377 e. The van der Waals surface area contributed by atoms with Gasteiger partial charge in [0.25, 0.3) is 0 Å². The highest BCUT2D eigenvalue weighted by Gasteiger charge is 2.14. The van der Waals surface area contributed by atoms with Gasteiger partial charge in [0.2, 0.25) is 0 Å². The zero-order valence-corrected chi connectivity index (χ0v) is 9.01. The summed E-state index contributed by atoms with van der Waals surface area (Å²) in [5.41, 5.74) is 0. The van der Waals surface area contributed by atoms with Crippen LogP contribution in [0.15, 0.2) is 0 Å². The normalized spacial score (nSPS) is 21.7. The van der Waals surface area contributed by atoms with Gasteiger partial charge in [-0.25, -0.2) is 0 Å². The molecule has 1 N–H and O–H groups in total. The quantitative estimate of drug-likeness (QED) is 0.710. The predicted octanol–water partition coefficient (Wildman–Crippen LogP) is 2.33. The molecule has 0 radical (unpaired) electrons. The monoisotopic (exact) mass is 185 g/mol. The minimum atomic E-state index is 0.506. The first-order chi connectivity index (χ1) is 6.33. The van der Waals surface area contributed by atoms with Crippen LogP contribution in [0, 0.1) is 0 Å². The van der Waals surface area contributed by atoms with Crippen LogP contribution >= 0.6 is 0 Å². The molecule has 1 saturated carbocycles. The van der Waals surface area contributed by atoms with E-state index in [1.165, 1.54) is 32.1 Å².